The number of aryl methyl sites for hydroxylation is 1. The fourth-order valence-electron chi connectivity index (χ4n) is 3.75. The Morgan fingerprint density at radius 3 is 2.54 bits per heavy atom. The predicted octanol–water partition coefficient (Wildman–Crippen LogP) is 4.18. The molecule has 0 spiro atoms. The second kappa shape index (κ2) is 8.97. The highest BCUT2D eigenvalue weighted by Gasteiger charge is 2.27. The number of carbonyl (C=O) groups is 1. The van der Waals surface area contributed by atoms with E-state index in [9.17, 15) is 14.9 Å². The van der Waals surface area contributed by atoms with E-state index in [0.717, 1.165) is 37.9 Å². The Balaban J connectivity index is 1.55. The number of benzene rings is 2. The van der Waals surface area contributed by atoms with Gasteiger partial charge in [-0.05, 0) is 63.2 Å². The van der Waals surface area contributed by atoms with Gasteiger partial charge in [-0.3, -0.25) is 19.8 Å². The van der Waals surface area contributed by atoms with E-state index in [1.807, 2.05) is 19.9 Å². The van der Waals surface area contributed by atoms with Crippen molar-refractivity contribution in [2.75, 3.05) is 18.4 Å². The van der Waals surface area contributed by atoms with E-state index in [4.69, 9.17) is 0 Å². The molecule has 2 aromatic rings. The number of likely N-dealkylation sites (tertiary alicyclic amines) is 1. The van der Waals surface area contributed by atoms with Crippen LogP contribution in [0.25, 0.3) is 0 Å². The number of rotatable bonds is 6. The first kappa shape index (κ1) is 20.0. The summed E-state index contributed by atoms with van der Waals surface area (Å²) in [5.41, 5.74) is 2.67. The Kier molecular flexibility index (Phi) is 6.41. The van der Waals surface area contributed by atoms with Crippen molar-refractivity contribution >= 4 is 17.3 Å². The number of non-ortho nitro benzene ring substituents is 1. The van der Waals surface area contributed by atoms with Crippen LogP contribution in [-0.4, -0.2) is 34.9 Å². The van der Waals surface area contributed by atoms with Gasteiger partial charge < -0.3 is 5.32 Å². The maximum atomic E-state index is 12.7. The minimum Gasteiger partial charge on any atom is -0.324 e. The molecule has 0 bridgehead atoms. The molecule has 1 saturated heterocycles. The summed E-state index contributed by atoms with van der Waals surface area (Å²) in [6.07, 6.45) is 3.23. The maximum Gasteiger partial charge on any atom is 0.271 e. The van der Waals surface area contributed by atoms with Gasteiger partial charge in [-0.15, -0.1) is 0 Å². The van der Waals surface area contributed by atoms with Gasteiger partial charge in [0.15, 0.2) is 0 Å². The summed E-state index contributed by atoms with van der Waals surface area (Å²) in [4.78, 5) is 25.4. The molecule has 0 saturated carbocycles. The minimum atomic E-state index is -0.448. The van der Waals surface area contributed by atoms with Crippen LogP contribution in [0.5, 0.6) is 0 Å². The highest BCUT2D eigenvalue weighted by atomic mass is 16.6. The zero-order valence-corrected chi connectivity index (χ0v) is 16.4. The van der Waals surface area contributed by atoms with Gasteiger partial charge in [0.2, 0.25) is 5.91 Å². The van der Waals surface area contributed by atoms with Crippen LogP contribution in [0.15, 0.2) is 48.5 Å². The first-order valence-corrected chi connectivity index (χ1v) is 9.78. The van der Waals surface area contributed by atoms with Crippen LogP contribution in [0.3, 0.4) is 0 Å². The van der Waals surface area contributed by atoms with Gasteiger partial charge in [-0.1, -0.05) is 36.4 Å². The third kappa shape index (κ3) is 4.95. The van der Waals surface area contributed by atoms with E-state index in [-0.39, 0.29) is 17.6 Å². The molecule has 1 aliphatic rings. The molecule has 1 aliphatic heterocycles. The summed E-state index contributed by atoms with van der Waals surface area (Å²) >= 11 is 0. The number of nitro groups is 1. The lowest BCUT2D eigenvalue weighted by atomic mass is 9.89. The Labute approximate surface area is 165 Å². The van der Waals surface area contributed by atoms with E-state index in [2.05, 4.69) is 34.5 Å². The van der Waals surface area contributed by atoms with Gasteiger partial charge in [0.1, 0.15) is 0 Å². The molecule has 0 aromatic heterocycles. The molecule has 1 heterocycles. The third-order valence-electron chi connectivity index (χ3n) is 5.63. The van der Waals surface area contributed by atoms with Crippen LogP contribution < -0.4 is 5.32 Å². The molecule has 3 rings (SSSR count). The van der Waals surface area contributed by atoms with Crippen LogP contribution in [0.2, 0.25) is 0 Å². The summed E-state index contributed by atoms with van der Waals surface area (Å²) in [6, 6.07) is 14.8. The molecule has 1 amide bonds. The van der Waals surface area contributed by atoms with Crippen LogP contribution in [0.4, 0.5) is 11.4 Å². The molecule has 1 atom stereocenters. The fraction of sp³-hybridized carbons (Fsp3) is 0.409. The number of nitro benzene ring substituents is 1. The van der Waals surface area contributed by atoms with Gasteiger partial charge in [0.05, 0.1) is 16.7 Å². The highest BCUT2D eigenvalue weighted by Crippen LogP contribution is 2.25. The van der Waals surface area contributed by atoms with Crippen molar-refractivity contribution in [3.05, 3.63) is 69.8 Å². The van der Waals surface area contributed by atoms with E-state index in [0.29, 0.717) is 11.6 Å². The number of carbonyl (C=O) groups excluding carboxylic acids is 1. The Morgan fingerprint density at radius 2 is 1.89 bits per heavy atom. The monoisotopic (exact) mass is 381 g/mol. The molecule has 0 radical (unpaired) electrons. The first-order valence-electron chi connectivity index (χ1n) is 9.78. The Bertz CT molecular complexity index is 830. The lowest BCUT2D eigenvalue weighted by Crippen LogP contribution is -2.46. The lowest BCUT2D eigenvalue weighted by molar-refractivity contribution is -0.384. The summed E-state index contributed by atoms with van der Waals surface area (Å²) in [6.45, 7) is 5.51. The molecule has 1 N–H and O–H groups in total. The molecule has 28 heavy (non-hydrogen) atoms. The van der Waals surface area contributed by atoms with Crippen LogP contribution >= 0.6 is 0 Å². The van der Waals surface area contributed by atoms with E-state index in [1.54, 1.807) is 6.07 Å². The normalized spacial score (nSPS) is 16.5. The van der Waals surface area contributed by atoms with Crippen molar-refractivity contribution in [1.82, 2.24) is 4.90 Å². The number of hydrogen-bond acceptors (Lipinski definition) is 4. The number of nitrogens with zero attached hydrogens (tertiary/aromatic N) is 2. The molecule has 6 heteroatoms. The molecule has 0 aliphatic carbocycles. The summed E-state index contributed by atoms with van der Waals surface area (Å²) in [7, 11) is 0. The molecule has 2 aromatic carbocycles. The van der Waals surface area contributed by atoms with E-state index in [1.165, 1.54) is 17.7 Å². The average Bonchev–Trinajstić information content (AvgIpc) is 2.70. The standard InChI is InChI=1S/C22H27N3O3/c1-16-8-9-20(25(27)28)15-21(16)23-22(26)17(2)24-12-10-19(11-13-24)14-18-6-4-3-5-7-18/h3-9,15,17,19H,10-14H2,1-2H3,(H,23,26). The van der Waals surface area contributed by atoms with Gasteiger partial charge in [0.25, 0.3) is 5.69 Å². The topological polar surface area (TPSA) is 75.5 Å². The molecule has 1 fully saturated rings. The van der Waals surface area contributed by atoms with E-state index >= 15 is 0 Å². The van der Waals surface area contributed by atoms with Crippen molar-refractivity contribution < 1.29 is 9.72 Å². The molecular formula is C22H27N3O3. The third-order valence-corrected chi connectivity index (χ3v) is 5.63. The number of amides is 1. The molecule has 148 valence electrons. The second-order valence-corrected chi connectivity index (χ2v) is 7.59. The number of piperidine rings is 1. The van der Waals surface area contributed by atoms with Crippen molar-refractivity contribution in [1.29, 1.82) is 0 Å². The smallest absolute Gasteiger partial charge is 0.271 e. The largest absolute Gasteiger partial charge is 0.324 e. The summed E-state index contributed by atoms with van der Waals surface area (Å²) in [5, 5.41) is 13.8. The van der Waals surface area contributed by atoms with Gasteiger partial charge in [-0.25, -0.2) is 0 Å². The molecular weight excluding hydrogens is 354 g/mol. The zero-order valence-electron chi connectivity index (χ0n) is 16.4. The molecule has 6 nitrogen and oxygen atoms in total. The quantitative estimate of drug-likeness (QED) is 0.601. The number of anilines is 1. The van der Waals surface area contributed by atoms with Crippen molar-refractivity contribution in [2.45, 2.75) is 39.2 Å². The second-order valence-electron chi connectivity index (χ2n) is 7.59. The van der Waals surface area contributed by atoms with Crippen molar-refractivity contribution in [3.8, 4) is 0 Å². The van der Waals surface area contributed by atoms with Crippen molar-refractivity contribution in [2.24, 2.45) is 5.92 Å². The van der Waals surface area contributed by atoms with Gasteiger partial charge >= 0.3 is 0 Å². The van der Waals surface area contributed by atoms with Crippen LogP contribution in [0, 0.1) is 23.0 Å². The number of hydrogen-bond donors (Lipinski definition) is 1. The summed E-state index contributed by atoms with van der Waals surface area (Å²) < 4.78 is 0. The number of nitrogens with one attached hydrogen (secondary N) is 1. The maximum absolute atomic E-state index is 12.7. The average molecular weight is 381 g/mol. The highest BCUT2D eigenvalue weighted by molar-refractivity contribution is 5.95. The van der Waals surface area contributed by atoms with Crippen LogP contribution in [0.1, 0.15) is 30.9 Å². The minimum absolute atomic E-state index is 0.0183. The fourth-order valence-corrected chi connectivity index (χ4v) is 3.75. The Hall–Kier alpha value is -2.73. The Morgan fingerprint density at radius 1 is 1.21 bits per heavy atom. The summed E-state index contributed by atoms with van der Waals surface area (Å²) in [5.74, 6) is 0.526. The van der Waals surface area contributed by atoms with Gasteiger partial charge in [0, 0.05) is 12.1 Å². The van der Waals surface area contributed by atoms with Gasteiger partial charge in [-0.2, -0.15) is 0 Å². The zero-order chi connectivity index (χ0) is 20.1. The SMILES string of the molecule is Cc1ccc([N+](=O)[O-])cc1NC(=O)C(C)N1CCC(Cc2ccccc2)CC1. The molecule has 1 unspecified atom stereocenters. The van der Waals surface area contributed by atoms with E-state index < -0.39 is 4.92 Å². The van der Waals surface area contributed by atoms with Crippen molar-refractivity contribution in [3.63, 3.8) is 0 Å². The first-order chi connectivity index (χ1) is 13.4. The predicted molar refractivity (Wildman–Crippen MR) is 110 cm³/mol. The van der Waals surface area contributed by atoms with Crippen LogP contribution in [-0.2, 0) is 11.2 Å². The lowest BCUT2D eigenvalue weighted by Gasteiger charge is -2.35.